The molecule has 3 aromatic heterocycles. The van der Waals surface area contributed by atoms with Crippen molar-refractivity contribution in [2.45, 2.75) is 37.1 Å². The van der Waals surface area contributed by atoms with Gasteiger partial charge in [-0.2, -0.15) is 0 Å². The third-order valence-corrected chi connectivity index (χ3v) is 6.99. The fourth-order valence-electron chi connectivity index (χ4n) is 3.49. The first-order chi connectivity index (χ1) is 14.7. The van der Waals surface area contributed by atoms with E-state index in [-0.39, 0.29) is 5.25 Å². The van der Waals surface area contributed by atoms with Gasteiger partial charge in [-0.05, 0) is 50.3 Å². The molecule has 1 aromatic carbocycles. The van der Waals surface area contributed by atoms with E-state index in [1.165, 1.54) is 18.4 Å². The molecule has 30 heavy (non-hydrogen) atoms. The van der Waals surface area contributed by atoms with Crippen LogP contribution >= 0.6 is 23.1 Å². The first-order valence-electron chi connectivity index (χ1n) is 10.0. The Bertz CT molecular complexity index is 1110. The molecule has 0 N–H and O–H groups in total. The Morgan fingerprint density at radius 3 is 2.57 bits per heavy atom. The maximum Gasteiger partial charge on any atom is 0.257 e. The fourth-order valence-corrected chi connectivity index (χ4v) is 5.02. The van der Waals surface area contributed by atoms with Crippen LogP contribution in [-0.4, -0.2) is 38.1 Å². The largest absolute Gasteiger partial charge is 0.419 e. The number of hydrogen-bond donors (Lipinski definition) is 0. The summed E-state index contributed by atoms with van der Waals surface area (Å²) in [6, 6.07) is 12.4. The van der Waals surface area contributed by atoms with E-state index in [9.17, 15) is 0 Å². The minimum Gasteiger partial charge on any atom is -0.419 e. The molecule has 0 saturated carbocycles. The summed E-state index contributed by atoms with van der Waals surface area (Å²) in [5, 5.41) is 20.3. The molecule has 4 aromatic rings. The summed E-state index contributed by atoms with van der Waals surface area (Å²) >= 11 is 3.17. The van der Waals surface area contributed by atoms with Gasteiger partial charge in [0.05, 0.1) is 15.8 Å². The minimum absolute atomic E-state index is 0.0500. The zero-order chi connectivity index (χ0) is 20.5. The molecule has 1 aliphatic rings. The number of nitrogens with zero attached hydrogens (tertiary/aromatic N) is 6. The number of thioether (sulfide) groups is 1. The molecule has 1 saturated heterocycles. The van der Waals surface area contributed by atoms with Crippen LogP contribution in [0.2, 0.25) is 0 Å². The van der Waals surface area contributed by atoms with Gasteiger partial charge in [0.1, 0.15) is 0 Å². The second-order valence-corrected chi connectivity index (χ2v) is 9.59. The van der Waals surface area contributed by atoms with Crippen LogP contribution in [0.3, 0.4) is 0 Å². The average Bonchev–Trinajstić information content (AvgIpc) is 3.55. The molecule has 154 valence electrons. The summed E-state index contributed by atoms with van der Waals surface area (Å²) in [6.07, 6.45) is 2.38. The lowest BCUT2D eigenvalue weighted by Gasteiger charge is -2.19. The molecule has 1 fully saturated rings. The monoisotopic (exact) mass is 438 g/mol. The highest BCUT2D eigenvalue weighted by Gasteiger charge is 2.25. The SMILES string of the molecule is Cc1ccc(-n2c(S[C@H](C)c3nnc(-c4cccs4)o3)nnc2N2CCCC2)cc1. The number of rotatable bonds is 6. The summed E-state index contributed by atoms with van der Waals surface area (Å²) in [5.41, 5.74) is 2.29. The molecular weight excluding hydrogens is 416 g/mol. The lowest BCUT2D eigenvalue weighted by Crippen LogP contribution is -2.22. The number of anilines is 1. The molecule has 1 aliphatic heterocycles. The maximum absolute atomic E-state index is 5.93. The highest BCUT2D eigenvalue weighted by molar-refractivity contribution is 7.99. The van der Waals surface area contributed by atoms with E-state index in [0.717, 1.165) is 34.8 Å². The summed E-state index contributed by atoms with van der Waals surface area (Å²) in [7, 11) is 0. The van der Waals surface area contributed by atoms with Gasteiger partial charge in [0.15, 0.2) is 5.16 Å². The van der Waals surface area contributed by atoms with Crippen LogP contribution in [0.1, 0.15) is 36.5 Å². The second kappa shape index (κ2) is 8.23. The van der Waals surface area contributed by atoms with E-state index in [4.69, 9.17) is 4.42 Å². The first kappa shape index (κ1) is 19.3. The third kappa shape index (κ3) is 3.75. The Kier molecular flexibility index (Phi) is 5.30. The van der Waals surface area contributed by atoms with Crippen LogP contribution in [0.4, 0.5) is 5.95 Å². The molecule has 4 heterocycles. The molecule has 0 aliphatic carbocycles. The first-order valence-corrected chi connectivity index (χ1v) is 11.8. The summed E-state index contributed by atoms with van der Waals surface area (Å²) in [4.78, 5) is 3.29. The van der Waals surface area contributed by atoms with E-state index in [0.29, 0.717) is 11.8 Å². The van der Waals surface area contributed by atoms with Crippen molar-refractivity contribution in [1.82, 2.24) is 25.0 Å². The second-order valence-electron chi connectivity index (χ2n) is 7.33. The zero-order valence-corrected chi connectivity index (χ0v) is 18.5. The Morgan fingerprint density at radius 2 is 1.83 bits per heavy atom. The van der Waals surface area contributed by atoms with Crippen molar-refractivity contribution in [3.63, 3.8) is 0 Å². The van der Waals surface area contributed by atoms with Gasteiger partial charge < -0.3 is 9.32 Å². The molecule has 0 unspecified atom stereocenters. The van der Waals surface area contributed by atoms with Crippen LogP contribution in [0.15, 0.2) is 51.4 Å². The van der Waals surface area contributed by atoms with E-state index in [1.54, 1.807) is 23.1 Å². The Hall–Kier alpha value is -2.65. The number of aromatic nitrogens is 5. The van der Waals surface area contributed by atoms with Crippen molar-refractivity contribution in [1.29, 1.82) is 0 Å². The fraction of sp³-hybridized carbons (Fsp3) is 0.333. The van der Waals surface area contributed by atoms with Crippen molar-refractivity contribution < 1.29 is 4.42 Å². The van der Waals surface area contributed by atoms with Gasteiger partial charge in [-0.25, -0.2) is 0 Å². The van der Waals surface area contributed by atoms with Gasteiger partial charge in [-0.1, -0.05) is 35.5 Å². The summed E-state index contributed by atoms with van der Waals surface area (Å²) in [6.45, 7) is 6.17. The van der Waals surface area contributed by atoms with Crippen LogP contribution in [-0.2, 0) is 0 Å². The van der Waals surface area contributed by atoms with Crippen molar-refractivity contribution >= 4 is 29.0 Å². The number of hydrogen-bond acceptors (Lipinski definition) is 8. The van der Waals surface area contributed by atoms with Gasteiger partial charge in [-0.15, -0.1) is 31.7 Å². The van der Waals surface area contributed by atoms with Gasteiger partial charge in [0, 0.05) is 13.1 Å². The van der Waals surface area contributed by atoms with Crippen molar-refractivity contribution in [3.05, 3.63) is 53.2 Å². The standard InChI is InChI=1S/C21H22N6OS2/c1-14-7-9-16(10-8-14)27-20(26-11-3-4-12-26)24-25-21(27)30-15(2)18-22-23-19(28-18)17-6-5-13-29-17/h5-10,13,15H,3-4,11-12H2,1-2H3/t15-/m1/s1. The predicted molar refractivity (Wildman–Crippen MR) is 119 cm³/mol. The van der Waals surface area contributed by atoms with Crippen molar-refractivity contribution in [2.24, 2.45) is 0 Å². The van der Waals surface area contributed by atoms with Crippen LogP contribution in [0, 0.1) is 6.92 Å². The molecule has 9 heteroatoms. The highest BCUT2D eigenvalue weighted by atomic mass is 32.2. The normalized spacial score (nSPS) is 15.1. The smallest absolute Gasteiger partial charge is 0.257 e. The quantitative estimate of drug-likeness (QED) is 0.386. The number of benzene rings is 1. The average molecular weight is 439 g/mol. The molecule has 1 atom stereocenters. The van der Waals surface area contributed by atoms with E-state index < -0.39 is 0 Å². The Morgan fingerprint density at radius 1 is 1.03 bits per heavy atom. The molecule has 0 spiro atoms. The molecule has 0 bridgehead atoms. The summed E-state index contributed by atoms with van der Waals surface area (Å²) < 4.78 is 8.07. The summed E-state index contributed by atoms with van der Waals surface area (Å²) in [5.74, 6) is 2.05. The van der Waals surface area contributed by atoms with Crippen LogP contribution in [0.5, 0.6) is 0 Å². The highest BCUT2D eigenvalue weighted by Crippen LogP contribution is 2.37. The van der Waals surface area contributed by atoms with Gasteiger partial charge in [0.2, 0.25) is 11.8 Å². The third-order valence-electron chi connectivity index (χ3n) is 5.10. The van der Waals surface area contributed by atoms with Gasteiger partial charge >= 0.3 is 0 Å². The van der Waals surface area contributed by atoms with Crippen molar-refractivity contribution in [3.8, 4) is 16.5 Å². The lowest BCUT2D eigenvalue weighted by molar-refractivity contribution is 0.510. The zero-order valence-electron chi connectivity index (χ0n) is 16.9. The minimum atomic E-state index is -0.0500. The molecule has 0 radical (unpaired) electrons. The van der Waals surface area contributed by atoms with E-state index in [1.807, 2.05) is 17.5 Å². The van der Waals surface area contributed by atoms with Crippen LogP contribution in [0.25, 0.3) is 16.5 Å². The lowest BCUT2D eigenvalue weighted by atomic mass is 10.2. The molecule has 5 rings (SSSR count). The maximum atomic E-state index is 5.93. The van der Waals surface area contributed by atoms with Gasteiger partial charge in [0.25, 0.3) is 5.89 Å². The molecule has 7 nitrogen and oxygen atoms in total. The van der Waals surface area contributed by atoms with E-state index >= 15 is 0 Å². The number of thiophene rings is 1. The topological polar surface area (TPSA) is 72.9 Å². The molecule has 0 amide bonds. The Balaban J connectivity index is 1.45. The number of aryl methyl sites for hydroxylation is 1. The van der Waals surface area contributed by atoms with Crippen molar-refractivity contribution in [2.75, 3.05) is 18.0 Å². The van der Waals surface area contributed by atoms with E-state index in [2.05, 4.69) is 68.0 Å². The Labute approximate surface area is 183 Å². The molecular formula is C21H22N6OS2. The van der Waals surface area contributed by atoms with Crippen LogP contribution < -0.4 is 4.90 Å². The van der Waals surface area contributed by atoms with Gasteiger partial charge in [-0.3, -0.25) is 4.57 Å². The predicted octanol–water partition coefficient (Wildman–Crippen LogP) is 5.14.